The minimum atomic E-state index is -0.436. The number of benzene rings is 3. The molecule has 0 aromatic heterocycles. The van der Waals surface area contributed by atoms with Crippen LogP contribution in [0.2, 0.25) is 5.02 Å². The minimum Gasteiger partial charge on any atom is -0.497 e. The molecule has 1 aliphatic carbocycles. The van der Waals surface area contributed by atoms with Gasteiger partial charge in [-0.3, -0.25) is 9.59 Å². The number of fused-ring (bicyclic) bond motifs is 1. The maximum absolute atomic E-state index is 13.7. The Kier molecular flexibility index (Phi) is 7.17. The van der Waals surface area contributed by atoms with E-state index in [1.807, 2.05) is 77.7 Å². The van der Waals surface area contributed by atoms with E-state index >= 15 is 0 Å². The molecule has 1 heterocycles. The van der Waals surface area contributed by atoms with Crippen molar-refractivity contribution >= 4 is 34.7 Å². The minimum absolute atomic E-state index is 0.0790. The molecule has 1 amide bonds. The molecule has 0 fully saturated rings. The quantitative estimate of drug-likeness (QED) is 0.393. The van der Waals surface area contributed by atoms with Crippen molar-refractivity contribution in [2.24, 2.45) is 5.41 Å². The summed E-state index contributed by atoms with van der Waals surface area (Å²) in [6.07, 6.45) is 1.19. The zero-order valence-corrected chi connectivity index (χ0v) is 22.6. The number of allylic oxidation sites excluding steroid dienone is 1. The predicted molar refractivity (Wildman–Crippen MR) is 151 cm³/mol. The second-order valence-corrected chi connectivity index (χ2v) is 11.1. The maximum Gasteiger partial charge on any atom is 0.239 e. The number of hydrogen-bond donors (Lipinski definition) is 2. The fourth-order valence-corrected chi connectivity index (χ4v) is 5.50. The zero-order valence-electron chi connectivity index (χ0n) is 21.9. The number of halogens is 1. The summed E-state index contributed by atoms with van der Waals surface area (Å²) in [4.78, 5) is 29.2. The normalized spacial score (nSPS) is 18.2. The lowest BCUT2D eigenvalue weighted by Crippen LogP contribution is -2.41. The van der Waals surface area contributed by atoms with Crippen molar-refractivity contribution in [3.8, 4) is 5.75 Å². The second-order valence-electron chi connectivity index (χ2n) is 10.7. The summed E-state index contributed by atoms with van der Waals surface area (Å²) >= 11 is 6.23. The van der Waals surface area contributed by atoms with E-state index in [1.165, 1.54) is 0 Å². The van der Waals surface area contributed by atoms with Crippen LogP contribution in [-0.4, -0.2) is 25.3 Å². The zero-order chi connectivity index (χ0) is 26.9. The number of hydrogen-bond acceptors (Lipinski definition) is 5. The van der Waals surface area contributed by atoms with Gasteiger partial charge < -0.3 is 20.3 Å². The van der Waals surface area contributed by atoms with E-state index in [2.05, 4.69) is 24.5 Å². The first-order chi connectivity index (χ1) is 18.2. The van der Waals surface area contributed by atoms with E-state index in [0.29, 0.717) is 23.6 Å². The van der Waals surface area contributed by atoms with Crippen LogP contribution >= 0.6 is 11.6 Å². The Morgan fingerprint density at radius 2 is 1.76 bits per heavy atom. The molecule has 1 unspecified atom stereocenters. The first kappa shape index (κ1) is 25.9. The van der Waals surface area contributed by atoms with Crippen molar-refractivity contribution in [2.45, 2.75) is 39.3 Å². The topological polar surface area (TPSA) is 70.7 Å². The molecule has 196 valence electrons. The monoisotopic (exact) mass is 529 g/mol. The summed E-state index contributed by atoms with van der Waals surface area (Å²) in [6.45, 7) is 4.71. The number of Topliss-reactive ketones (excluding diaryl/α,β-unsaturated/α-hetero) is 1. The number of amides is 1. The molecule has 2 aliphatic rings. The molecule has 0 saturated carbocycles. The van der Waals surface area contributed by atoms with Crippen molar-refractivity contribution in [3.05, 3.63) is 100 Å². The van der Waals surface area contributed by atoms with Crippen molar-refractivity contribution in [1.29, 1.82) is 0 Å². The third-order valence-electron chi connectivity index (χ3n) is 7.15. The molecule has 0 bridgehead atoms. The van der Waals surface area contributed by atoms with Crippen molar-refractivity contribution in [3.63, 3.8) is 0 Å². The summed E-state index contributed by atoms with van der Waals surface area (Å²) in [5.41, 5.74) is 5.10. The van der Waals surface area contributed by atoms with Gasteiger partial charge in [-0.25, -0.2) is 0 Å². The molecule has 3 aromatic carbocycles. The number of methoxy groups -OCH3 is 1. The summed E-state index contributed by atoms with van der Waals surface area (Å²) in [5.74, 6) is 0.728. The Morgan fingerprint density at radius 1 is 1.05 bits per heavy atom. The number of carbonyl (C=O) groups is 2. The number of para-hydroxylation sites is 2. The molecule has 0 radical (unpaired) electrons. The molecule has 38 heavy (non-hydrogen) atoms. The van der Waals surface area contributed by atoms with E-state index < -0.39 is 6.04 Å². The van der Waals surface area contributed by atoms with Crippen LogP contribution in [0, 0.1) is 5.41 Å². The molecular formula is C31H32ClN3O3. The molecule has 1 aliphatic heterocycles. The largest absolute Gasteiger partial charge is 0.497 e. The van der Waals surface area contributed by atoms with E-state index in [9.17, 15) is 9.59 Å². The Labute approximate surface area is 228 Å². The molecule has 7 heteroatoms. The smallest absolute Gasteiger partial charge is 0.239 e. The number of carbonyl (C=O) groups excluding carboxylic acids is 2. The highest BCUT2D eigenvalue weighted by Crippen LogP contribution is 2.48. The number of rotatable bonds is 6. The first-order valence-electron chi connectivity index (χ1n) is 12.8. The lowest BCUT2D eigenvalue weighted by molar-refractivity contribution is -0.120. The molecule has 2 N–H and O–H groups in total. The third-order valence-corrected chi connectivity index (χ3v) is 7.40. The van der Waals surface area contributed by atoms with Crippen molar-refractivity contribution in [1.82, 2.24) is 5.32 Å². The SMILES string of the molecule is COc1ccc(CNC(=O)CN2c3ccccc3NC3=C(C(=O)CC(C)(C)C3)C2c2ccc(Cl)cc2)cc1. The molecule has 1 atom stereocenters. The van der Waals surface area contributed by atoms with Crippen LogP contribution in [0.25, 0.3) is 0 Å². The number of ether oxygens (including phenoxy) is 1. The van der Waals surface area contributed by atoms with Gasteiger partial charge in [0.2, 0.25) is 5.91 Å². The highest BCUT2D eigenvalue weighted by molar-refractivity contribution is 6.30. The standard InChI is InChI=1S/C31H32ClN3O3/c1-31(2)16-25-29(27(36)17-31)30(21-10-12-22(32)13-11-21)35(26-7-5-4-6-24(26)34-25)19-28(37)33-18-20-8-14-23(38-3)15-9-20/h4-15,30,34H,16-19H2,1-3H3,(H,33,37). The molecule has 0 spiro atoms. The van der Waals surface area contributed by atoms with Crippen LogP contribution in [0.1, 0.15) is 43.9 Å². The van der Waals surface area contributed by atoms with Gasteiger partial charge >= 0.3 is 0 Å². The van der Waals surface area contributed by atoms with Gasteiger partial charge in [0.1, 0.15) is 5.75 Å². The second kappa shape index (κ2) is 10.5. The van der Waals surface area contributed by atoms with Crippen LogP contribution in [0.3, 0.4) is 0 Å². The van der Waals surface area contributed by atoms with Gasteiger partial charge in [0.05, 0.1) is 31.1 Å². The molecular weight excluding hydrogens is 498 g/mol. The van der Waals surface area contributed by atoms with E-state index in [0.717, 1.165) is 40.4 Å². The maximum atomic E-state index is 13.7. The number of nitrogens with one attached hydrogen (secondary N) is 2. The molecule has 6 nitrogen and oxygen atoms in total. The van der Waals surface area contributed by atoms with Crippen LogP contribution in [0.4, 0.5) is 11.4 Å². The van der Waals surface area contributed by atoms with Crippen LogP contribution < -0.4 is 20.3 Å². The van der Waals surface area contributed by atoms with Crippen LogP contribution in [0.15, 0.2) is 84.1 Å². The highest BCUT2D eigenvalue weighted by Gasteiger charge is 2.41. The average Bonchev–Trinajstić information content (AvgIpc) is 3.02. The van der Waals surface area contributed by atoms with Crippen LogP contribution in [-0.2, 0) is 16.1 Å². The fraction of sp³-hybridized carbons (Fsp3) is 0.290. The fourth-order valence-electron chi connectivity index (χ4n) is 5.37. The third kappa shape index (κ3) is 5.41. The highest BCUT2D eigenvalue weighted by atomic mass is 35.5. The van der Waals surface area contributed by atoms with Gasteiger partial charge in [-0.2, -0.15) is 0 Å². The first-order valence-corrected chi connectivity index (χ1v) is 13.2. The van der Waals surface area contributed by atoms with Crippen molar-refractivity contribution < 1.29 is 14.3 Å². The number of anilines is 2. The summed E-state index contributed by atoms with van der Waals surface area (Å²) in [7, 11) is 1.63. The Hall–Kier alpha value is -3.77. The Morgan fingerprint density at radius 3 is 2.47 bits per heavy atom. The van der Waals surface area contributed by atoms with Gasteiger partial charge in [-0.15, -0.1) is 0 Å². The summed E-state index contributed by atoms with van der Waals surface area (Å²) < 4.78 is 5.23. The Bertz CT molecular complexity index is 1380. The molecule has 0 saturated heterocycles. The van der Waals surface area contributed by atoms with E-state index in [1.54, 1.807) is 7.11 Å². The van der Waals surface area contributed by atoms with Gasteiger partial charge in [0.15, 0.2) is 5.78 Å². The Balaban J connectivity index is 1.53. The van der Waals surface area contributed by atoms with Gasteiger partial charge in [-0.1, -0.05) is 61.8 Å². The summed E-state index contributed by atoms with van der Waals surface area (Å²) in [5, 5.41) is 7.25. The van der Waals surface area contributed by atoms with Gasteiger partial charge in [0, 0.05) is 29.3 Å². The van der Waals surface area contributed by atoms with E-state index in [-0.39, 0.29) is 23.7 Å². The number of nitrogens with zero attached hydrogens (tertiary/aromatic N) is 1. The number of ketones is 1. The molecule has 5 rings (SSSR count). The predicted octanol–water partition coefficient (Wildman–Crippen LogP) is 6.28. The van der Waals surface area contributed by atoms with Gasteiger partial charge in [-0.05, 0) is 59.4 Å². The lowest BCUT2D eigenvalue weighted by Gasteiger charge is -2.37. The van der Waals surface area contributed by atoms with Gasteiger partial charge in [0.25, 0.3) is 0 Å². The van der Waals surface area contributed by atoms with Crippen LogP contribution in [0.5, 0.6) is 5.75 Å². The molecule has 3 aromatic rings. The lowest BCUT2D eigenvalue weighted by atomic mass is 9.73. The van der Waals surface area contributed by atoms with E-state index in [4.69, 9.17) is 16.3 Å². The van der Waals surface area contributed by atoms with Crippen molar-refractivity contribution in [2.75, 3.05) is 23.9 Å². The summed E-state index contributed by atoms with van der Waals surface area (Å²) in [6, 6.07) is 22.6. The average molecular weight is 530 g/mol.